The summed E-state index contributed by atoms with van der Waals surface area (Å²) in [5.41, 5.74) is 0. The molecule has 2 atom stereocenters. The van der Waals surface area contributed by atoms with Crippen LogP contribution in [0, 0.1) is 11.8 Å². The van der Waals surface area contributed by atoms with E-state index in [1.54, 1.807) is 0 Å². The Morgan fingerprint density at radius 1 is 1.39 bits per heavy atom. The highest BCUT2D eigenvalue weighted by Crippen LogP contribution is 2.32. The van der Waals surface area contributed by atoms with Gasteiger partial charge in [0.25, 0.3) is 0 Å². The fourth-order valence-corrected chi connectivity index (χ4v) is 3.63. The number of aromatic nitrogens is 3. The van der Waals surface area contributed by atoms with Crippen LogP contribution >= 0.6 is 0 Å². The summed E-state index contributed by atoms with van der Waals surface area (Å²) in [7, 11) is 0. The Labute approximate surface area is 135 Å². The fourth-order valence-electron chi connectivity index (χ4n) is 3.63. The fraction of sp³-hybridized carbons (Fsp3) is 0.750. The molecule has 3 heterocycles. The van der Waals surface area contributed by atoms with Crippen LogP contribution in [0.2, 0.25) is 0 Å². The van der Waals surface area contributed by atoms with Gasteiger partial charge in [0.2, 0.25) is 11.8 Å². The molecule has 1 aromatic rings. The smallest absolute Gasteiger partial charge is 0.226 e. The van der Waals surface area contributed by atoms with E-state index in [1.807, 2.05) is 11.8 Å². The summed E-state index contributed by atoms with van der Waals surface area (Å²) in [4.78, 5) is 26.4. The maximum Gasteiger partial charge on any atom is 0.226 e. The lowest BCUT2D eigenvalue weighted by Crippen LogP contribution is -2.35. The van der Waals surface area contributed by atoms with E-state index in [4.69, 9.17) is 0 Å². The zero-order valence-corrected chi connectivity index (χ0v) is 13.5. The van der Waals surface area contributed by atoms with Gasteiger partial charge in [0, 0.05) is 32.5 Å². The van der Waals surface area contributed by atoms with Crippen molar-refractivity contribution in [1.29, 1.82) is 0 Å². The highest BCUT2D eigenvalue weighted by molar-refractivity contribution is 5.89. The minimum atomic E-state index is -0.232. The quantitative estimate of drug-likeness (QED) is 0.865. The third kappa shape index (κ3) is 2.84. The standard InChI is InChI=1S/C16H23N5O2/c1-10(15-19-18-13-3-2-6-21(13)15)17-16(23)12-7-14(22)20(9-12)8-11-4-5-11/h10-12H,2-9H2,1H3,(H,17,23). The van der Waals surface area contributed by atoms with E-state index in [0.29, 0.717) is 18.9 Å². The average molecular weight is 317 g/mol. The number of fused-ring (bicyclic) bond motifs is 1. The Morgan fingerprint density at radius 2 is 2.22 bits per heavy atom. The molecule has 2 fully saturated rings. The number of amides is 2. The van der Waals surface area contributed by atoms with Crippen molar-refractivity contribution in [3.05, 3.63) is 11.6 Å². The lowest BCUT2D eigenvalue weighted by molar-refractivity contribution is -0.129. The zero-order valence-electron chi connectivity index (χ0n) is 13.5. The molecule has 23 heavy (non-hydrogen) atoms. The summed E-state index contributed by atoms with van der Waals surface area (Å²) in [6.45, 7) is 4.25. The Bertz CT molecular complexity index is 636. The zero-order chi connectivity index (χ0) is 16.0. The van der Waals surface area contributed by atoms with Gasteiger partial charge >= 0.3 is 0 Å². The molecule has 124 valence electrons. The molecule has 1 aliphatic carbocycles. The molecule has 1 aromatic heterocycles. The molecule has 3 aliphatic rings. The molecule has 2 unspecified atom stereocenters. The normalized spacial score (nSPS) is 24.8. The van der Waals surface area contributed by atoms with E-state index in [-0.39, 0.29) is 23.8 Å². The van der Waals surface area contributed by atoms with Gasteiger partial charge in [-0.1, -0.05) is 0 Å². The van der Waals surface area contributed by atoms with Crippen molar-refractivity contribution >= 4 is 11.8 Å². The topological polar surface area (TPSA) is 80.1 Å². The minimum Gasteiger partial charge on any atom is -0.346 e. The Balaban J connectivity index is 1.36. The molecule has 7 heteroatoms. The van der Waals surface area contributed by atoms with E-state index in [9.17, 15) is 9.59 Å². The summed E-state index contributed by atoms with van der Waals surface area (Å²) >= 11 is 0. The first-order chi connectivity index (χ1) is 11.1. The van der Waals surface area contributed by atoms with Gasteiger partial charge < -0.3 is 14.8 Å². The van der Waals surface area contributed by atoms with Gasteiger partial charge in [-0.25, -0.2) is 0 Å². The van der Waals surface area contributed by atoms with Crippen LogP contribution in [0.15, 0.2) is 0 Å². The summed E-state index contributed by atoms with van der Waals surface area (Å²) in [6.07, 6.45) is 4.82. The van der Waals surface area contributed by atoms with Gasteiger partial charge in [0.15, 0.2) is 5.82 Å². The van der Waals surface area contributed by atoms with Crippen LogP contribution in [0.25, 0.3) is 0 Å². The largest absolute Gasteiger partial charge is 0.346 e. The van der Waals surface area contributed by atoms with Crippen LogP contribution in [-0.2, 0) is 22.6 Å². The SMILES string of the molecule is CC(NC(=O)C1CC(=O)N(CC2CC2)C1)c1nnc2n1CCC2. The van der Waals surface area contributed by atoms with E-state index in [0.717, 1.165) is 37.6 Å². The molecule has 0 aromatic carbocycles. The Hall–Kier alpha value is -1.92. The summed E-state index contributed by atoms with van der Waals surface area (Å²) in [5, 5.41) is 11.4. The number of rotatable bonds is 5. The van der Waals surface area contributed by atoms with Gasteiger partial charge in [-0.2, -0.15) is 0 Å². The predicted octanol–water partition coefficient (Wildman–Crippen LogP) is 0.660. The number of carbonyl (C=O) groups is 2. The van der Waals surface area contributed by atoms with Crippen LogP contribution in [-0.4, -0.2) is 44.6 Å². The van der Waals surface area contributed by atoms with E-state index < -0.39 is 0 Å². The molecular formula is C16H23N5O2. The molecule has 4 rings (SSSR count). The van der Waals surface area contributed by atoms with Crippen LogP contribution in [0.4, 0.5) is 0 Å². The summed E-state index contributed by atoms with van der Waals surface area (Å²) in [6, 6.07) is -0.172. The van der Waals surface area contributed by atoms with Crippen molar-refractivity contribution in [2.45, 2.75) is 51.6 Å². The second-order valence-corrected chi connectivity index (χ2v) is 7.10. The van der Waals surface area contributed by atoms with Gasteiger partial charge in [0.05, 0.1) is 12.0 Å². The molecule has 1 N–H and O–H groups in total. The maximum absolute atomic E-state index is 12.5. The van der Waals surface area contributed by atoms with Gasteiger partial charge in [-0.05, 0) is 32.1 Å². The van der Waals surface area contributed by atoms with Crippen LogP contribution < -0.4 is 5.32 Å². The molecule has 0 bridgehead atoms. The van der Waals surface area contributed by atoms with E-state index >= 15 is 0 Å². The molecule has 0 radical (unpaired) electrons. The van der Waals surface area contributed by atoms with Gasteiger partial charge in [-0.3, -0.25) is 9.59 Å². The van der Waals surface area contributed by atoms with E-state index in [1.165, 1.54) is 12.8 Å². The third-order valence-electron chi connectivity index (χ3n) is 5.14. The summed E-state index contributed by atoms with van der Waals surface area (Å²) in [5.74, 6) is 2.34. The molecule has 2 aliphatic heterocycles. The van der Waals surface area contributed by atoms with Gasteiger partial charge in [-0.15, -0.1) is 10.2 Å². The molecule has 0 spiro atoms. The van der Waals surface area contributed by atoms with Crippen LogP contribution in [0.3, 0.4) is 0 Å². The number of carbonyl (C=O) groups excluding carboxylic acids is 2. The Morgan fingerprint density at radius 3 is 3.00 bits per heavy atom. The second kappa shape index (κ2) is 5.62. The number of likely N-dealkylation sites (tertiary alicyclic amines) is 1. The first-order valence-electron chi connectivity index (χ1n) is 8.62. The monoisotopic (exact) mass is 317 g/mol. The minimum absolute atomic E-state index is 0.0421. The molecular weight excluding hydrogens is 294 g/mol. The summed E-state index contributed by atoms with van der Waals surface area (Å²) < 4.78 is 2.10. The lowest BCUT2D eigenvalue weighted by atomic mass is 10.1. The average Bonchev–Trinajstić information content (AvgIpc) is 2.91. The lowest BCUT2D eigenvalue weighted by Gasteiger charge is -2.18. The van der Waals surface area contributed by atoms with Crippen molar-refractivity contribution in [2.75, 3.05) is 13.1 Å². The van der Waals surface area contributed by atoms with Crippen molar-refractivity contribution in [2.24, 2.45) is 11.8 Å². The molecule has 1 saturated carbocycles. The first-order valence-corrected chi connectivity index (χ1v) is 8.62. The number of nitrogens with one attached hydrogen (secondary N) is 1. The predicted molar refractivity (Wildman–Crippen MR) is 82.3 cm³/mol. The van der Waals surface area contributed by atoms with Crippen LogP contribution in [0.5, 0.6) is 0 Å². The van der Waals surface area contributed by atoms with Gasteiger partial charge in [0.1, 0.15) is 5.82 Å². The van der Waals surface area contributed by atoms with E-state index in [2.05, 4.69) is 20.1 Å². The van der Waals surface area contributed by atoms with Crippen molar-refractivity contribution in [1.82, 2.24) is 25.0 Å². The highest BCUT2D eigenvalue weighted by Gasteiger charge is 2.37. The Kier molecular flexibility index (Phi) is 3.58. The first kappa shape index (κ1) is 14.7. The van der Waals surface area contributed by atoms with Crippen molar-refractivity contribution in [3.8, 4) is 0 Å². The third-order valence-corrected chi connectivity index (χ3v) is 5.14. The van der Waals surface area contributed by atoms with Crippen molar-refractivity contribution in [3.63, 3.8) is 0 Å². The van der Waals surface area contributed by atoms with Crippen LogP contribution in [0.1, 0.15) is 50.3 Å². The molecule has 2 amide bonds. The number of hydrogen-bond donors (Lipinski definition) is 1. The molecule has 1 saturated heterocycles. The number of aryl methyl sites for hydroxylation is 1. The number of hydrogen-bond acceptors (Lipinski definition) is 4. The molecule has 7 nitrogen and oxygen atoms in total. The maximum atomic E-state index is 12.5. The number of nitrogens with zero attached hydrogens (tertiary/aromatic N) is 4. The second-order valence-electron chi connectivity index (χ2n) is 7.10. The highest BCUT2D eigenvalue weighted by atomic mass is 16.2. The van der Waals surface area contributed by atoms with Crippen molar-refractivity contribution < 1.29 is 9.59 Å².